The monoisotopic (exact) mass is 271 g/mol. The van der Waals surface area contributed by atoms with Gasteiger partial charge in [-0.15, -0.1) is 0 Å². The van der Waals surface area contributed by atoms with E-state index in [-0.39, 0.29) is 11.9 Å². The van der Waals surface area contributed by atoms with Crippen molar-refractivity contribution < 1.29 is 4.39 Å². The van der Waals surface area contributed by atoms with Crippen LogP contribution in [0.15, 0.2) is 36.5 Å². The van der Waals surface area contributed by atoms with Crippen molar-refractivity contribution in [3.05, 3.63) is 53.5 Å². The van der Waals surface area contributed by atoms with E-state index in [4.69, 9.17) is 5.73 Å². The standard InChI is InChI=1S/C16H18FN3/c1-11(18)9-13-3-2-7-19-16(13)20-8-6-12-4-5-14(17)10-15(12)20/h2-5,7,10-11H,6,8-9,18H2,1H3. The molecular formula is C16H18FN3. The van der Waals surface area contributed by atoms with Gasteiger partial charge in [-0.25, -0.2) is 9.37 Å². The largest absolute Gasteiger partial charge is 0.328 e. The molecule has 1 aliphatic heterocycles. The highest BCUT2D eigenvalue weighted by atomic mass is 19.1. The molecule has 0 amide bonds. The van der Waals surface area contributed by atoms with Crippen molar-refractivity contribution in [1.29, 1.82) is 0 Å². The number of aromatic nitrogens is 1. The average Bonchev–Trinajstić information content (AvgIpc) is 2.81. The minimum Gasteiger partial charge on any atom is -0.328 e. The second-order valence-corrected chi connectivity index (χ2v) is 5.34. The van der Waals surface area contributed by atoms with Crippen molar-refractivity contribution in [2.45, 2.75) is 25.8 Å². The van der Waals surface area contributed by atoms with Crippen LogP contribution in [0.3, 0.4) is 0 Å². The highest BCUT2D eigenvalue weighted by Gasteiger charge is 2.23. The number of nitrogens with zero attached hydrogens (tertiary/aromatic N) is 2. The molecule has 1 atom stereocenters. The molecule has 104 valence electrons. The summed E-state index contributed by atoms with van der Waals surface area (Å²) in [6.07, 6.45) is 3.46. The van der Waals surface area contributed by atoms with E-state index >= 15 is 0 Å². The molecule has 3 nitrogen and oxygen atoms in total. The first-order valence-corrected chi connectivity index (χ1v) is 6.90. The summed E-state index contributed by atoms with van der Waals surface area (Å²) in [5.41, 5.74) is 9.11. The maximum Gasteiger partial charge on any atom is 0.136 e. The Hall–Kier alpha value is -1.94. The molecule has 4 heteroatoms. The maximum atomic E-state index is 13.5. The highest BCUT2D eigenvalue weighted by molar-refractivity contribution is 5.69. The third-order valence-electron chi connectivity index (χ3n) is 3.61. The van der Waals surface area contributed by atoms with Gasteiger partial charge in [-0.3, -0.25) is 0 Å². The molecule has 0 bridgehead atoms. The molecule has 1 aliphatic rings. The predicted molar refractivity (Wildman–Crippen MR) is 78.7 cm³/mol. The summed E-state index contributed by atoms with van der Waals surface area (Å²) in [6, 6.07) is 9.01. The fourth-order valence-electron chi connectivity index (χ4n) is 2.75. The van der Waals surface area contributed by atoms with Gasteiger partial charge in [0.15, 0.2) is 0 Å². The van der Waals surface area contributed by atoms with E-state index in [1.165, 1.54) is 11.6 Å². The van der Waals surface area contributed by atoms with Gasteiger partial charge in [-0.2, -0.15) is 0 Å². The number of anilines is 2. The van der Waals surface area contributed by atoms with Gasteiger partial charge in [0.1, 0.15) is 11.6 Å². The lowest BCUT2D eigenvalue weighted by atomic mass is 10.1. The predicted octanol–water partition coefficient (Wildman–Crippen LogP) is 2.80. The van der Waals surface area contributed by atoms with Crippen LogP contribution in [0.25, 0.3) is 0 Å². The van der Waals surface area contributed by atoms with Crippen LogP contribution in [0.4, 0.5) is 15.9 Å². The maximum absolute atomic E-state index is 13.5. The number of nitrogens with two attached hydrogens (primary N) is 1. The highest BCUT2D eigenvalue weighted by Crippen LogP contribution is 2.35. The number of benzene rings is 1. The minimum atomic E-state index is -0.208. The van der Waals surface area contributed by atoms with Gasteiger partial charge in [0.25, 0.3) is 0 Å². The summed E-state index contributed by atoms with van der Waals surface area (Å²) in [5, 5.41) is 0. The lowest BCUT2D eigenvalue weighted by Crippen LogP contribution is -2.22. The van der Waals surface area contributed by atoms with E-state index in [2.05, 4.69) is 9.88 Å². The van der Waals surface area contributed by atoms with Crippen LogP contribution in [-0.4, -0.2) is 17.6 Å². The van der Waals surface area contributed by atoms with Crippen LogP contribution in [-0.2, 0) is 12.8 Å². The molecule has 0 radical (unpaired) electrons. The van der Waals surface area contributed by atoms with E-state index in [9.17, 15) is 4.39 Å². The van der Waals surface area contributed by atoms with Gasteiger partial charge in [0.05, 0.1) is 0 Å². The smallest absolute Gasteiger partial charge is 0.136 e. The van der Waals surface area contributed by atoms with Crippen LogP contribution < -0.4 is 10.6 Å². The Bertz CT molecular complexity index is 625. The fraction of sp³-hybridized carbons (Fsp3) is 0.312. The van der Waals surface area contributed by atoms with E-state index in [0.29, 0.717) is 0 Å². The molecule has 2 aromatic rings. The van der Waals surface area contributed by atoms with Crippen molar-refractivity contribution in [2.75, 3.05) is 11.4 Å². The molecule has 2 heterocycles. The number of fused-ring (bicyclic) bond motifs is 1. The topological polar surface area (TPSA) is 42.1 Å². The molecule has 3 rings (SSSR count). The van der Waals surface area contributed by atoms with Crippen molar-refractivity contribution in [3.63, 3.8) is 0 Å². The molecule has 0 saturated heterocycles. The van der Waals surface area contributed by atoms with Crippen molar-refractivity contribution in [1.82, 2.24) is 4.98 Å². The van der Waals surface area contributed by atoms with Crippen molar-refractivity contribution in [3.8, 4) is 0 Å². The Morgan fingerprint density at radius 2 is 2.25 bits per heavy atom. The summed E-state index contributed by atoms with van der Waals surface area (Å²) in [4.78, 5) is 6.58. The van der Waals surface area contributed by atoms with Crippen LogP contribution in [0.5, 0.6) is 0 Å². The summed E-state index contributed by atoms with van der Waals surface area (Å²) in [7, 11) is 0. The van der Waals surface area contributed by atoms with E-state index in [0.717, 1.165) is 36.5 Å². The Kier molecular flexibility index (Phi) is 3.40. The Morgan fingerprint density at radius 1 is 1.40 bits per heavy atom. The number of rotatable bonds is 3. The van der Waals surface area contributed by atoms with E-state index < -0.39 is 0 Å². The van der Waals surface area contributed by atoms with Crippen LogP contribution >= 0.6 is 0 Å². The molecule has 0 saturated carbocycles. The molecule has 1 aromatic carbocycles. The lowest BCUT2D eigenvalue weighted by molar-refractivity contribution is 0.628. The molecular weight excluding hydrogens is 253 g/mol. The number of hydrogen-bond acceptors (Lipinski definition) is 3. The van der Waals surface area contributed by atoms with E-state index in [1.807, 2.05) is 25.1 Å². The van der Waals surface area contributed by atoms with Crippen LogP contribution in [0, 0.1) is 5.82 Å². The Labute approximate surface area is 118 Å². The second kappa shape index (κ2) is 5.21. The minimum absolute atomic E-state index is 0.0764. The zero-order valence-corrected chi connectivity index (χ0v) is 11.5. The zero-order chi connectivity index (χ0) is 14.1. The normalized spacial score (nSPS) is 15.2. The molecule has 0 fully saturated rings. The zero-order valence-electron chi connectivity index (χ0n) is 11.5. The second-order valence-electron chi connectivity index (χ2n) is 5.34. The quantitative estimate of drug-likeness (QED) is 0.933. The summed E-state index contributed by atoms with van der Waals surface area (Å²) >= 11 is 0. The van der Waals surface area contributed by atoms with Crippen molar-refractivity contribution >= 4 is 11.5 Å². The molecule has 0 spiro atoms. The first kappa shape index (κ1) is 13.1. The first-order valence-electron chi connectivity index (χ1n) is 6.90. The van der Waals surface area contributed by atoms with Gasteiger partial charge in [-0.05, 0) is 49.1 Å². The van der Waals surface area contributed by atoms with Crippen LogP contribution in [0.1, 0.15) is 18.1 Å². The Morgan fingerprint density at radius 3 is 3.05 bits per heavy atom. The number of halogens is 1. The van der Waals surface area contributed by atoms with Gasteiger partial charge >= 0.3 is 0 Å². The molecule has 0 aliphatic carbocycles. The summed E-state index contributed by atoms with van der Waals surface area (Å²) in [6.45, 7) is 2.82. The molecule has 20 heavy (non-hydrogen) atoms. The van der Waals surface area contributed by atoms with Gasteiger partial charge in [0.2, 0.25) is 0 Å². The molecule has 1 unspecified atom stereocenters. The molecule has 1 aromatic heterocycles. The summed E-state index contributed by atoms with van der Waals surface area (Å²) in [5.74, 6) is 0.689. The van der Waals surface area contributed by atoms with Crippen molar-refractivity contribution in [2.24, 2.45) is 5.73 Å². The van der Waals surface area contributed by atoms with E-state index in [1.54, 1.807) is 12.3 Å². The Balaban J connectivity index is 2.02. The fourth-order valence-corrected chi connectivity index (χ4v) is 2.75. The number of hydrogen-bond donors (Lipinski definition) is 1. The SMILES string of the molecule is CC(N)Cc1cccnc1N1CCc2ccc(F)cc21. The number of pyridine rings is 1. The van der Waals surface area contributed by atoms with Gasteiger partial charge < -0.3 is 10.6 Å². The average molecular weight is 271 g/mol. The van der Waals surface area contributed by atoms with Gasteiger partial charge in [0, 0.05) is 24.5 Å². The third-order valence-corrected chi connectivity index (χ3v) is 3.61. The lowest BCUT2D eigenvalue weighted by Gasteiger charge is -2.22. The molecule has 2 N–H and O–H groups in total. The van der Waals surface area contributed by atoms with Crippen LogP contribution in [0.2, 0.25) is 0 Å². The van der Waals surface area contributed by atoms with Gasteiger partial charge in [-0.1, -0.05) is 12.1 Å². The summed E-state index contributed by atoms with van der Waals surface area (Å²) < 4.78 is 13.5. The first-order chi connectivity index (χ1) is 9.65. The third kappa shape index (κ3) is 2.39.